The quantitative estimate of drug-likeness (QED) is 0.796. The zero-order valence-corrected chi connectivity index (χ0v) is 12.9. The van der Waals surface area contributed by atoms with Crippen LogP contribution in [0.4, 0.5) is 0 Å². The summed E-state index contributed by atoms with van der Waals surface area (Å²) in [6, 6.07) is 1.60. The van der Waals surface area contributed by atoms with Gasteiger partial charge in [0.1, 0.15) is 0 Å². The highest BCUT2D eigenvalue weighted by molar-refractivity contribution is 4.99. The third kappa shape index (κ3) is 3.00. The molecule has 3 fully saturated rings. The van der Waals surface area contributed by atoms with Crippen molar-refractivity contribution in [2.24, 2.45) is 17.3 Å². The summed E-state index contributed by atoms with van der Waals surface area (Å²) in [6.07, 6.45) is 11.5. The predicted octanol–water partition coefficient (Wildman–Crippen LogP) is 3.32. The van der Waals surface area contributed by atoms with E-state index in [9.17, 15) is 0 Å². The lowest BCUT2D eigenvalue weighted by Gasteiger charge is -2.37. The van der Waals surface area contributed by atoms with E-state index < -0.39 is 0 Å². The summed E-state index contributed by atoms with van der Waals surface area (Å²) >= 11 is 0. The molecule has 1 saturated heterocycles. The van der Waals surface area contributed by atoms with Crippen molar-refractivity contribution in [3.8, 4) is 0 Å². The Bertz CT molecular complexity index is 290. The van der Waals surface area contributed by atoms with Crippen molar-refractivity contribution in [3.63, 3.8) is 0 Å². The molecular weight excluding hydrogens is 232 g/mol. The Morgan fingerprint density at radius 2 is 1.89 bits per heavy atom. The van der Waals surface area contributed by atoms with Crippen LogP contribution in [0.1, 0.15) is 65.2 Å². The van der Waals surface area contributed by atoms with Crippen molar-refractivity contribution in [2.75, 3.05) is 13.1 Å². The molecule has 2 heteroatoms. The van der Waals surface area contributed by atoms with E-state index in [-0.39, 0.29) is 0 Å². The third-order valence-electron chi connectivity index (χ3n) is 6.27. The molecule has 3 unspecified atom stereocenters. The van der Waals surface area contributed by atoms with Crippen LogP contribution in [0.25, 0.3) is 0 Å². The molecule has 0 aromatic rings. The fraction of sp³-hybridized carbons (Fsp3) is 1.00. The standard InChI is InChI=1S/C17H32N2/c1-13(2)17(9-10-17)12-19-16-7-4-3-6-14(16)15-8-5-11-18-15/h13-16,18-19H,3-12H2,1-2H3. The molecule has 1 heterocycles. The van der Waals surface area contributed by atoms with Gasteiger partial charge in [0.2, 0.25) is 0 Å². The maximum atomic E-state index is 3.99. The van der Waals surface area contributed by atoms with Crippen molar-refractivity contribution in [1.82, 2.24) is 10.6 Å². The van der Waals surface area contributed by atoms with Gasteiger partial charge in [-0.15, -0.1) is 0 Å². The molecule has 0 amide bonds. The van der Waals surface area contributed by atoms with Gasteiger partial charge in [-0.25, -0.2) is 0 Å². The lowest BCUT2D eigenvalue weighted by Crippen LogP contribution is -2.48. The SMILES string of the molecule is CC(C)C1(CNC2CCCCC2C2CCCN2)CC1. The van der Waals surface area contributed by atoms with Gasteiger partial charge in [0.15, 0.2) is 0 Å². The smallest absolute Gasteiger partial charge is 0.0111 e. The van der Waals surface area contributed by atoms with Gasteiger partial charge >= 0.3 is 0 Å². The number of rotatable bonds is 5. The van der Waals surface area contributed by atoms with Gasteiger partial charge in [-0.1, -0.05) is 26.7 Å². The van der Waals surface area contributed by atoms with Crippen LogP contribution in [-0.2, 0) is 0 Å². The second-order valence-electron chi connectivity index (χ2n) is 7.66. The zero-order valence-electron chi connectivity index (χ0n) is 12.9. The van der Waals surface area contributed by atoms with Crippen molar-refractivity contribution >= 4 is 0 Å². The molecule has 0 bridgehead atoms. The maximum Gasteiger partial charge on any atom is 0.0111 e. The summed E-state index contributed by atoms with van der Waals surface area (Å²) in [6.45, 7) is 7.35. The average Bonchev–Trinajstić information content (AvgIpc) is 3.03. The predicted molar refractivity (Wildman–Crippen MR) is 81.3 cm³/mol. The van der Waals surface area contributed by atoms with Crippen LogP contribution in [0.5, 0.6) is 0 Å². The second-order valence-corrected chi connectivity index (χ2v) is 7.66. The number of nitrogens with one attached hydrogen (secondary N) is 2. The van der Waals surface area contributed by atoms with E-state index in [4.69, 9.17) is 0 Å². The molecule has 0 spiro atoms. The third-order valence-corrected chi connectivity index (χ3v) is 6.27. The normalized spacial score (nSPS) is 37.7. The molecule has 0 radical (unpaired) electrons. The molecule has 0 aromatic heterocycles. The number of hydrogen-bond donors (Lipinski definition) is 2. The van der Waals surface area contributed by atoms with Gasteiger partial charge in [0.25, 0.3) is 0 Å². The van der Waals surface area contributed by atoms with E-state index >= 15 is 0 Å². The lowest BCUT2D eigenvalue weighted by molar-refractivity contribution is 0.197. The van der Waals surface area contributed by atoms with Crippen LogP contribution in [0, 0.1) is 17.3 Å². The van der Waals surface area contributed by atoms with E-state index in [2.05, 4.69) is 24.5 Å². The van der Waals surface area contributed by atoms with Crippen LogP contribution < -0.4 is 10.6 Å². The summed E-state index contributed by atoms with van der Waals surface area (Å²) < 4.78 is 0. The Morgan fingerprint density at radius 1 is 1.11 bits per heavy atom. The Kier molecular flexibility index (Phi) is 4.19. The molecular formula is C17H32N2. The molecule has 19 heavy (non-hydrogen) atoms. The minimum atomic E-state index is 0.658. The Balaban J connectivity index is 1.55. The highest BCUT2D eigenvalue weighted by Crippen LogP contribution is 2.51. The topological polar surface area (TPSA) is 24.1 Å². The van der Waals surface area contributed by atoms with Gasteiger partial charge < -0.3 is 10.6 Å². The van der Waals surface area contributed by atoms with Crippen LogP contribution in [0.2, 0.25) is 0 Å². The fourth-order valence-corrected chi connectivity index (χ4v) is 4.42. The van der Waals surface area contributed by atoms with Gasteiger partial charge in [-0.05, 0) is 62.3 Å². The first-order valence-electron chi connectivity index (χ1n) is 8.68. The van der Waals surface area contributed by atoms with E-state index in [1.54, 1.807) is 0 Å². The summed E-state index contributed by atoms with van der Waals surface area (Å²) in [7, 11) is 0. The number of hydrogen-bond acceptors (Lipinski definition) is 2. The van der Waals surface area contributed by atoms with Crippen LogP contribution >= 0.6 is 0 Å². The van der Waals surface area contributed by atoms with Gasteiger partial charge in [-0.2, -0.15) is 0 Å². The minimum absolute atomic E-state index is 0.658. The summed E-state index contributed by atoms with van der Waals surface area (Å²) in [5.74, 6) is 1.76. The fourth-order valence-electron chi connectivity index (χ4n) is 4.42. The highest BCUT2D eigenvalue weighted by Gasteiger charge is 2.45. The molecule has 0 aromatic carbocycles. The second kappa shape index (κ2) is 5.73. The monoisotopic (exact) mass is 264 g/mol. The summed E-state index contributed by atoms with van der Waals surface area (Å²) in [4.78, 5) is 0. The Hall–Kier alpha value is -0.0800. The average molecular weight is 264 g/mol. The van der Waals surface area contributed by atoms with Crippen LogP contribution in [0.15, 0.2) is 0 Å². The summed E-state index contributed by atoms with van der Waals surface area (Å²) in [5, 5.41) is 7.74. The van der Waals surface area contributed by atoms with E-state index in [0.29, 0.717) is 5.41 Å². The first-order chi connectivity index (χ1) is 9.21. The largest absolute Gasteiger partial charge is 0.314 e. The molecule has 2 aliphatic carbocycles. The van der Waals surface area contributed by atoms with Gasteiger partial charge in [-0.3, -0.25) is 0 Å². The van der Waals surface area contributed by atoms with Gasteiger partial charge in [0.05, 0.1) is 0 Å². The van der Waals surface area contributed by atoms with Crippen LogP contribution in [-0.4, -0.2) is 25.2 Å². The molecule has 3 aliphatic rings. The molecule has 2 N–H and O–H groups in total. The molecule has 110 valence electrons. The van der Waals surface area contributed by atoms with Crippen molar-refractivity contribution in [1.29, 1.82) is 0 Å². The van der Waals surface area contributed by atoms with E-state index in [0.717, 1.165) is 23.9 Å². The maximum absolute atomic E-state index is 3.99. The Morgan fingerprint density at radius 3 is 2.53 bits per heavy atom. The van der Waals surface area contributed by atoms with Crippen LogP contribution in [0.3, 0.4) is 0 Å². The van der Waals surface area contributed by atoms with Crippen molar-refractivity contribution in [2.45, 2.75) is 77.3 Å². The van der Waals surface area contributed by atoms with Crippen molar-refractivity contribution in [3.05, 3.63) is 0 Å². The first-order valence-corrected chi connectivity index (χ1v) is 8.68. The van der Waals surface area contributed by atoms with E-state index in [1.807, 2.05) is 0 Å². The zero-order chi connectivity index (χ0) is 13.3. The molecule has 3 atom stereocenters. The highest BCUT2D eigenvalue weighted by atomic mass is 15.0. The lowest BCUT2D eigenvalue weighted by atomic mass is 9.78. The Labute approximate surface area is 119 Å². The minimum Gasteiger partial charge on any atom is -0.314 e. The van der Waals surface area contributed by atoms with E-state index in [1.165, 1.54) is 64.5 Å². The van der Waals surface area contributed by atoms with Crippen molar-refractivity contribution < 1.29 is 0 Å². The van der Waals surface area contributed by atoms with Gasteiger partial charge in [0, 0.05) is 18.6 Å². The first kappa shape index (κ1) is 13.9. The summed E-state index contributed by atoms with van der Waals surface area (Å²) in [5.41, 5.74) is 0.658. The molecule has 1 aliphatic heterocycles. The molecule has 2 nitrogen and oxygen atoms in total. The molecule has 2 saturated carbocycles. The molecule has 3 rings (SSSR count).